The van der Waals surface area contributed by atoms with Crippen LogP contribution in [0.1, 0.15) is 70.6 Å². The summed E-state index contributed by atoms with van der Waals surface area (Å²) < 4.78 is 0. The van der Waals surface area contributed by atoms with E-state index >= 15 is 0 Å². The van der Waals surface area contributed by atoms with E-state index in [4.69, 9.17) is 0 Å². The third-order valence-electron chi connectivity index (χ3n) is 10.5. The van der Waals surface area contributed by atoms with Crippen LogP contribution < -0.4 is 26.5 Å². The molecule has 0 spiro atoms. The van der Waals surface area contributed by atoms with Crippen LogP contribution in [-0.2, 0) is 4.79 Å². The summed E-state index contributed by atoms with van der Waals surface area (Å²) in [6.45, 7) is 3.79. The maximum absolute atomic E-state index is 10.8. The van der Waals surface area contributed by atoms with Gasteiger partial charge in [-0.15, -0.1) is 0 Å². The number of hydroxylamine groups is 2. The molecule has 4 nitrogen and oxygen atoms in total. The first-order valence-corrected chi connectivity index (χ1v) is 23.8. The largest absolute Gasteiger partial charge is 0.303 e. The topological polar surface area (TPSA) is 43.8 Å². The van der Waals surface area contributed by atoms with E-state index in [0.29, 0.717) is 13.0 Å². The quantitative estimate of drug-likeness (QED) is 0.0201. The Morgan fingerprint density at radius 2 is 0.796 bits per heavy atom. The van der Waals surface area contributed by atoms with Crippen LogP contribution in [0.15, 0.2) is 152 Å². The fraction of sp³-hybridized carbons (Fsp3) is 0.354. The summed E-state index contributed by atoms with van der Waals surface area (Å²) in [5.74, 6) is 0. The maximum Gasteiger partial charge on any atom is 0.233 e. The smallest absolute Gasteiger partial charge is 0.233 e. The maximum atomic E-state index is 10.8. The molecule has 0 fully saturated rings. The first-order valence-electron chi connectivity index (χ1n) is 20.3. The number of amides is 1. The minimum Gasteiger partial charge on any atom is -0.303 e. The first kappa shape index (κ1) is 41.5. The zero-order valence-corrected chi connectivity index (χ0v) is 34.0. The van der Waals surface area contributed by atoms with Crippen molar-refractivity contribution in [3.05, 3.63) is 152 Å². The van der Waals surface area contributed by atoms with Gasteiger partial charge in [-0.3, -0.25) is 10.0 Å². The summed E-state index contributed by atoms with van der Waals surface area (Å²) in [6.07, 6.45) is 15.9. The third-order valence-corrected chi connectivity index (χ3v) is 17.7. The van der Waals surface area contributed by atoms with Crippen molar-refractivity contribution in [2.24, 2.45) is 0 Å². The second kappa shape index (κ2) is 24.0. The van der Waals surface area contributed by atoms with Crippen LogP contribution in [0.2, 0.25) is 0 Å². The van der Waals surface area contributed by atoms with E-state index in [-0.39, 0.29) is 7.92 Å². The Kier molecular flexibility index (Phi) is 18.4. The number of hydrogen-bond donors (Lipinski definition) is 1. The Labute approximate surface area is 327 Å². The molecular formula is C48H61N2O2P2+. The van der Waals surface area contributed by atoms with E-state index in [2.05, 4.69) is 157 Å². The lowest BCUT2D eigenvalue weighted by molar-refractivity contribution is -0.149. The van der Waals surface area contributed by atoms with Crippen molar-refractivity contribution < 1.29 is 10.0 Å². The lowest BCUT2D eigenvalue weighted by Crippen LogP contribution is -2.33. The molecule has 6 heteroatoms. The summed E-state index contributed by atoms with van der Waals surface area (Å²) in [7, 11) is -2.08. The molecule has 0 saturated carbocycles. The van der Waals surface area contributed by atoms with Crippen molar-refractivity contribution >= 4 is 48.1 Å². The molecule has 0 heterocycles. The van der Waals surface area contributed by atoms with Gasteiger partial charge in [0.05, 0.1) is 6.16 Å². The monoisotopic (exact) mass is 759 g/mol. The molecule has 284 valence electrons. The predicted molar refractivity (Wildman–Crippen MR) is 236 cm³/mol. The number of carbonyl (C=O) groups excluding carboxylic acids is 1. The van der Waals surface area contributed by atoms with Gasteiger partial charge >= 0.3 is 0 Å². The van der Waals surface area contributed by atoms with Gasteiger partial charge in [0, 0.05) is 6.54 Å². The molecule has 1 N–H and O–H groups in total. The molecule has 54 heavy (non-hydrogen) atoms. The Morgan fingerprint density at radius 1 is 0.444 bits per heavy atom. The number of rotatable bonds is 26. The van der Waals surface area contributed by atoms with E-state index < -0.39 is 7.26 Å². The van der Waals surface area contributed by atoms with E-state index in [9.17, 15) is 10.0 Å². The second-order valence-corrected chi connectivity index (χ2v) is 20.3. The number of hydrogen-bond acceptors (Lipinski definition) is 3. The van der Waals surface area contributed by atoms with Gasteiger partial charge in [0.2, 0.25) is 6.41 Å². The van der Waals surface area contributed by atoms with Gasteiger partial charge in [-0.1, -0.05) is 141 Å². The molecule has 0 aliphatic heterocycles. The first-order chi connectivity index (χ1) is 26.7. The average molecular weight is 760 g/mol. The van der Waals surface area contributed by atoms with E-state index in [0.717, 1.165) is 44.0 Å². The standard InChI is InChI=1S/C48H61N2O2P2/c51-43-50(52)40-24-10-23-39-49(37-21-1-3-25-41-53(44-27-11-5-12-28-44)45-29-13-6-14-30-45)38-22-2-4-26-42-54(46-31-15-7-16-32-46,47-33-17-8-18-34-47)48-35-19-9-20-36-48/h5-9,11-20,27-36,43,52H,1-4,10,21-26,37-42H2/q+1. The minimum atomic E-state index is -1.77. The average Bonchev–Trinajstić information content (AvgIpc) is 3.24. The highest BCUT2D eigenvalue weighted by atomic mass is 31.2. The Hall–Kier alpha value is -3.65. The van der Waals surface area contributed by atoms with Crippen molar-refractivity contribution in [1.29, 1.82) is 0 Å². The molecule has 0 unspecified atom stereocenters. The van der Waals surface area contributed by atoms with E-state index in [1.54, 1.807) is 0 Å². The van der Waals surface area contributed by atoms with Gasteiger partial charge in [0.25, 0.3) is 0 Å². The molecule has 5 aromatic rings. The second-order valence-electron chi connectivity index (χ2n) is 14.4. The molecule has 5 aromatic carbocycles. The predicted octanol–water partition coefficient (Wildman–Crippen LogP) is 9.55. The molecule has 5 rings (SSSR count). The zero-order chi connectivity index (χ0) is 37.5. The Bertz CT molecular complexity index is 1560. The Balaban J connectivity index is 1.11. The van der Waals surface area contributed by atoms with Gasteiger partial charge in [0.15, 0.2) is 0 Å². The highest BCUT2D eigenvalue weighted by Gasteiger charge is 2.44. The van der Waals surface area contributed by atoms with Crippen LogP contribution in [0.4, 0.5) is 0 Å². The minimum absolute atomic E-state index is 0.315. The van der Waals surface area contributed by atoms with Crippen LogP contribution in [0, 0.1) is 0 Å². The van der Waals surface area contributed by atoms with Gasteiger partial charge < -0.3 is 4.90 Å². The molecule has 0 atom stereocenters. The van der Waals surface area contributed by atoms with Crippen molar-refractivity contribution in [3.63, 3.8) is 0 Å². The summed E-state index contributed by atoms with van der Waals surface area (Å²) in [5.41, 5.74) is 0. The number of carbonyl (C=O) groups is 1. The van der Waals surface area contributed by atoms with Gasteiger partial charge in [-0.25, -0.2) is 5.06 Å². The summed E-state index contributed by atoms with van der Waals surface area (Å²) in [4.78, 5) is 13.5. The van der Waals surface area contributed by atoms with Crippen molar-refractivity contribution in [2.45, 2.75) is 70.6 Å². The van der Waals surface area contributed by atoms with Crippen LogP contribution in [0.5, 0.6) is 0 Å². The fourth-order valence-electron chi connectivity index (χ4n) is 7.68. The zero-order valence-electron chi connectivity index (χ0n) is 32.2. The van der Waals surface area contributed by atoms with E-state index in [1.807, 2.05) is 0 Å². The normalized spacial score (nSPS) is 11.6. The highest BCUT2D eigenvalue weighted by Crippen LogP contribution is 2.56. The lowest BCUT2D eigenvalue weighted by Gasteiger charge is -2.28. The van der Waals surface area contributed by atoms with E-state index in [1.165, 1.54) is 90.2 Å². The molecule has 0 aliphatic rings. The SMILES string of the molecule is O=CN(O)CCCCCN(CCCCCCP(c1ccccc1)c1ccccc1)CCCCCC[P+](c1ccccc1)(c1ccccc1)c1ccccc1. The van der Waals surface area contributed by atoms with Gasteiger partial charge in [0.1, 0.15) is 23.2 Å². The number of nitrogens with zero attached hydrogens (tertiary/aromatic N) is 2. The van der Waals surface area contributed by atoms with Gasteiger partial charge in [-0.2, -0.15) is 0 Å². The number of benzene rings is 5. The highest BCUT2D eigenvalue weighted by molar-refractivity contribution is 7.95. The summed E-state index contributed by atoms with van der Waals surface area (Å²) >= 11 is 0. The molecule has 0 saturated heterocycles. The third kappa shape index (κ3) is 13.0. The fourth-order valence-corrected chi connectivity index (χ4v) is 14.5. The lowest BCUT2D eigenvalue weighted by atomic mass is 10.1. The molecule has 0 aliphatic carbocycles. The van der Waals surface area contributed by atoms with Crippen LogP contribution in [0.25, 0.3) is 0 Å². The van der Waals surface area contributed by atoms with Crippen LogP contribution >= 0.6 is 15.2 Å². The molecule has 1 amide bonds. The van der Waals surface area contributed by atoms with Crippen LogP contribution in [-0.4, -0.2) is 60.1 Å². The molecule has 0 radical (unpaired) electrons. The molecule has 0 aromatic heterocycles. The summed E-state index contributed by atoms with van der Waals surface area (Å²) in [6, 6.07) is 56.0. The molecule has 0 bridgehead atoms. The molecular weight excluding hydrogens is 698 g/mol. The van der Waals surface area contributed by atoms with Gasteiger partial charge in [-0.05, 0) is 126 Å². The van der Waals surface area contributed by atoms with Crippen LogP contribution in [0.3, 0.4) is 0 Å². The Morgan fingerprint density at radius 3 is 1.22 bits per heavy atom. The summed E-state index contributed by atoms with van der Waals surface area (Å²) in [5, 5.41) is 17.7. The van der Waals surface area contributed by atoms with Crippen molar-refractivity contribution in [3.8, 4) is 0 Å². The van der Waals surface area contributed by atoms with Crippen molar-refractivity contribution in [1.82, 2.24) is 9.96 Å². The van der Waals surface area contributed by atoms with Crippen molar-refractivity contribution in [2.75, 3.05) is 38.5 Å². The number of unbranched alkanes of at least 4 members (excludes halogenated alkanes) is 8.